The van der Waals surface area contributed by atoms with Crippen molar-refractivity contribution in [1.82, 2.24) is 29.0 Å². The monoisotopic (exact) mass is 458 g/mol. The maximum Gasteiger partial charge on any atom is 0.327 e. The van der Waals surface area contributed by atoms with E-state index in [0.717, 1.165) is 24.2 Å². The van der Waals surface area contributed by atoms with Crippen LogP contribution in [0.5, 0.6) is 0 Å². The number of esters is 1. The summed E-state index contributed by atoms with van der Waals surface area (Å²) in [4.78, 5) is 53.1. The van der Waals surface area contributed by atoms with E-state index in [9.17, 15) is 19.2 Å². The average Bonchev–Trinajstić information content (AvgIpc) is 3.48. The van der Waals surface area contributed by atoms with Gasteiger partial charge in [-0.15, -0.1) is 21.5 Å². The highest BCUT2D eigenvalue weighted by molar-refractivity contribution is 7.17. The molecule has 0 N–H and O–H groups in total. The van der Waals surface area contributed by atoms with Crippen molar-refractivity contribution in [2.45, 2.75) is 44.2 Å². The Hall–Kier alpha value is -3.28. The second kappa shape index (κ2) is 7.40. The van der Waals surface area contributed by atoms with Crippen LogP contribution in [0.2, 0.25) is 0 Å². The minimum Gasteiger partial charge on any atom is -0.456 e. The van der Waals surface area contributed by atoms with Gasteiger partial charge in [-0.3, -0.25) is 28.3 Å². The summed E-state index contributed by atoms with van der Waals surface area (Å²) in [5, 5.41) is 9.91. The van der Waals surface area contributed by atoms with Crippen LogP contribution in [0.3, 0.4) is 0 Å². The van der Waals surface area contributed by atoms with Gasteiger partial charge in [0.25, 0.3) is 11.5 Å². The van der Waals surface area contributed by atoms with E-state index in [2.05, 4.69) is 10.2 Å². The van der Waals surface area contributed by atoms with Crippen molar-refractivity contribution in [1.29, 1.82) is 0 Å². The molecule has 0 bridgehead atoms. The predicted molar refractivity (Wildman–Crippen MR) is 114 cm³/mol. The van der Waals surface area contributed by atoms with Gasteiger partial charge in [0.1, 0.15) is 16.8 Å². The van der Waals surface area contributed by atoms with E-state index in [-0.39, 0.29) is 18.1 Å². The Morgan fingerprint density at radius 2 is 1.91 bits per heavy atom. The molecule has 1 saturated carbocycles. The number of imide groups is 1. The Labute approximate surface area is 186 Å². The zero-order chi connectivity index (χ0) is 22.6. The van der Waals surface area contributed by atoms with E-state index >= 15 is 0 Å². The van der Waals surface area contributed by atoms with Crippen molar-refractivity contribution < 1.29 is 19.1 Å². The van der Waals surface area contributed by atoms with Gasteiger partial charge in [-0.25, -0.2) is 4.79 Å². The summed E-state index contributed by atoms with van der Waals surface area (Å²) < 4.78 is 8.94. The zero-order valence-electron chi connectivity index (χ0n) is 17.7. The van der Waals surface area contributed by atoms with Crippen LogP contribution >= 0.6 is 11.3 Å². The Morgan fingerprint density at radius 1 is 1.16 bits per heavy atom. The summed E-state index contributed by atoms with van der Waals surface area (Å²) >= 11 is 1.31. The molecule has 0 unspecified atom stereocenters. The Morgan fingerprint density at radius 3 is 2.66 bits per heavy atom. The fourth-order valence-electron chi connectivity index (χ4n) is 4.74. The highest BCUT2D eigenvalue weighted by atomic mass is 32.1. The number of hydrogen-bond acceptors (Lipinski definition) is 8. The largest absolute Gasteiger partial charge is 0.456 e. The van der Waals surface area contributed by atoms with Gasteiger partial charge in [-0.05, 0) is 24.3 Å². The smallest absolute Gasteiger partial charge is 0.327 e. The molecule has 1 spiro atoms. The first-order valence-electron chi connectivity index (χ1n) is 10.4. The number of ether oxygens (including phenoxy) is 1. The number of aryl methyl sites for hydroxylation is 1. The molecule has 0 atom stereocenters. The minimum atomic E-state index is -0.839. The first-order valence-corrected chi connectivity index (χ1v) is 11.3. The summed E-state index contributed by atoms with van der Waals surface area (Å²) in [6.45, 7) is -0.660. The molecule has 2 aliphatic rings. The standard InChI is InChI=1S/C20H22N6O5S/c1-23-16(28)15-12(6-9-32-15)26-13(21-22-18(23)26)11-31-14(27)10-25-17(29)20(24(2)19(25)30)7-4-3-5-8-20/h6,9H,3-5,7-8,10-11H2,1-2H3. The molecule has 32 heavy (non-hydrogen) atoms. The molecule has 1 aliphatic heterocycles. The molecule has 168 valence electrons. The molecule has 2 fully saturated rings. The van der Waals surface area contributed by atoms with Crippen molar-refractivity contribution in [3.05, 3.63) is 27.6 Å². The summed E-state index contributed by atoms with van der Waals surface area (Å²) in [5.41, 5.74) is -0.381. The van der Waals surface area contributed by atoms with Crippen LogP contribution in [0.1, 0.15) is 37.9 Å². The molecule has 0 radical (unpaired) electrons. The van der Waals surface area contributed by atoms with Crippen LogP contribution in [-0.2, 0) is 28.0 Å². The highest BCUT2D eigenvalue weighted by Crippen LogP contribution is 2.39. The number of carbonyl (C=O) groups excluding carboxylic acids is 3. The minimum absolute atomic E-state index is 0.176. The summed E-state index contributed by atoms with van der Waals surface area (Å²) in [6.07, 6.45) is 4.01. The maximum atomic E-state index is 13.0. The Kier molecular flexibility index (Phi) is 4.77. The molecule has 1 aliphatic carbocycles. The Balaban J connectivity index is 1.34. The second-order valence-electron chi connectivity index (χ2n) is 8.24. The van der Waals surface area contributed by atoms with Crippen LogP contribution in [-0.4, -0.2) is 66.0 Å². The van der Waals surface area contributed by atoms with Crippen molar-refractivity contribution in [3.8, 4) is 0 Å². The van der Waals surface area contributed by atoms with E-state index < -0.39 is 24.1 Å². The van der Waals surface area contributed by atoms with Gasteiger partial charge in [0, 0.05) is 14.1 Å². The third kappa shape index (κ3) is 2.85. The van der Waals surface area contributed by atoms with Crippen molar-refractivity contribution in [3.63, 3.8) is 0 Å². The van der Waals surface area contributed by atoms with Gasteiger partial charge in [0.15, 0.2) is 12.4 Å². The van der Waals surface area contributed by atoms with Crippen LogP contribution in [0, 0.1) is 0 Å². The molecule has 11 nitrogen and oxygen atoms in total. The molecule has 0 aromatic carbocycles. The van der Waals surface area contributed by atoms with Gasteiger partial charge in [0.2, 0.25) is 5.78 Å². The normalized spacial score (nSPS) is 18.4. The van der Waals surface area contributed by atoms with E-state index in [1.807, 2.05) is 0 Å². The number of amides is 3. The van der Waals surface area contributed by atoms with E-state index in [1.165, 1.54) is 20.8 Å². The molecule has 1 saturated heterocycles. The number of aromatic nitrogens is 4. The van der Waals surface area contributed by atoms with Crippen molar-refractivity contribution in [2.24, 2.45) is 7.05 Å². The lowest BCUT2D eigenvalue weighted by Gasteiger charge is -2.35. The molecular weight excluding hydrogens is 436 g/mol. The number of likely N-dealkylation sites (N-methyl/N-ethyl adjacent to an activating group) is 1. The third-order valence-corrected chi connectivity index (χ3v) is 7.42. The highest BCUT2D eigenvalue weighted by Gasteiger charge is 2.55. The summed E-state index contributed by atoms with van der Waals surface area (Å²) in [7, 11) is 3.22. The van der Waals surface area contributed by atoms with Gasteiger partial charge < -0.3 is 9.64 Å². The van der Waals surface area contributed by atoms with Crippen LogP contribution in [0.15, 0.2) is 16.2 Å². The third-order valence-electron chi connectivity index (χ3n) is 6.53. The lowest BCUT2D eigenvalue weighted by molar-refractivity contribution is -0.149. The quantitative estimate of drug-likeness (QED) is 0.427. The zero-order valence-corrected chi connectivity index (χ0v) is 18.6. The van der Waals surface area contributed by atoms with Gasteiger partial charge >= 0.3 is 12.0 Å². The molecule has 5 rings (SSSR count). The van der Waals surface area contributed by atoms with Crippen LogP contribution in [0.25, 0.3) is 16.0 Å². The van der Waals surface area contributed by atoms with E-state index in [4.69, 9.17) is 4.74 Å². The van der Waals surface area contributed by atoms with Crippen molar-refractivity contribution >= 4 is 45.2 Å². The number of fused-ring (bicyclic) bond motifs is 3. The van der Waals surface area contributed by atoms with Crippen molar-refractivity contribution in [2.75, 3.05) is 13.6 Å². The molecule has 12 heteroatoms. The molecule has 4 heterocycles. The number of nitrogens with zero attached hydrogens (tertiary/aromatic N) is 6. The number of rotatable bonds is 4. The lowest BCUT2D eigenvalue weighted by atomic mass is 9.81. The van der Waals surface area contributed by atoms with E-state index in [1.54, 1.807) is 29.9 Å². The average molecular weight is 459 g/mol. The summed E-state index contributed by atoms with van der Waals surface area (Å²) in [6, 6.07) is 1.31. The number of thiophene rings is 1. The lowest BCUT2D eigenvalue weighted by Crippen LogP contribution is -2.49. The topological polar surface area (TPSA) is 119 Å². The SMILES string of the molecule is CN1C(=O)N(CC(=O)OCc2nnc3n(C)c(=O)c4sccc4n23)C(=O)C12CCCCC2. The molecule has 3 aromatic heterocycles. The molecule has 3 aromatic rings. The second-order valence-corrected chi connectivity index (χ2v) is 9.15. The first kappa shape index (κ1) is 20.6. The van der Waals surface area contributed by atoms with Crippen LogP contribution in [0.4, 0.5) is 4.79 Å². The number of hydrogen-bond donors (Lipinski definition) is 0. The maximum absolute atomic E-state index is 13.0. The fraction of sp³-hybridized carbons (Fsp3) is 0.500. The summed E-state index contributed by atoms with van der Waals surface area (Å²) in [5.74, 6) is -0.370. The molecule has 3 amide bonds. The van der Waals surface area contributed by atoms with Gasteiger partial charge in [-0.2, -0.15) is 0 Å². The Bertz CT molecular complexity index is 1320. The van der Waals surface area contributed by atoms with Gasteiger partial charge in [0.05, 0.1) is 5.52 Å². The predicted octanol–water partition coefficient (Wildman–Crippen LogP) is 1.28. The van der Waals surface area contributed by atoms with Crippen LogP contribution < -0.4 is 5.56 Å². The fourth-order valence-corrected chi connectivity index (χ4v) is 5.59. The molecular formula is C20H22N6O5S. The first-order chi connectivity index (χ1) is 15.3. The van der Waals surface area contributed by atoms with E-state index in [0.29, 0.717) is 34.7 Å². The number of urea groups is 1. The number of carbonyl (C=O) groups is 3. The van der Waals surface area contributed by atoms with Gasteiger partial charge in [-0.1, -0.05) is 19.3 Å².